The summed E-state index contributed by atoms with van der Waals surface area (Å²) in [5, 5.41) is 11.1. The number of hydrogen-bond acceptors (Lipinski definition) is 5. The van der Waals surface area contributed by atoms with Crippen molar-refractivity contribution in [3.05, 3.63) is 47.3 Å². The molecule has 170 valence electrons. The first kappa shape index (κ1) is 29.5. The van der Waals surface area contributed by atoms with Gasteiger partial charge in [0.05, 0.1) is 19.1 Å². The summed E-state index contributed by atoms with van der Waals surface area (Å²) in [6, 6.07) is 3.48. The fourth-order valence-corrected chi connectivity index (χ4v) is 1.55. The number of Topliss-reactive ketones (excluding diaryl/α,β-unsaturated/α-hetero) is 1. The average molecular weight is 432 g/mol. The molecule has 0 aliphatic heterocycles. The van der Waals surface area contributed by atoms with Gasteiger partial charge < -0.3 is 16.4 Å². The molecule has 2 rings (SSSR count). The predicted molar refractivity (Wildman–Crippen MR) is 113 cm³/mol. The molecular weight excluding hydrogens is 399 g/mol. The lowest BCUT2D eigenvalue weighted by atomic mass is 10.1. The molecule has 1 aromatic heterocycles. The normalized spacial score (nSPS) is 10.2. The Morgan fingerprint density at radius 3 is 2.03 bits per heavy atom. The van der Waals surface area contributed by atoms with Crippen LogP contribution in [0, 0.1) is 11.6 Å². The zero-order valence-electron chi connectivity index (χ0n) is 18.3. The minimum atomic E-state index is -0.987. The molecule has 0 aliphatic carbocycles. The third kappa shape index (κ3) is 11.3. The van der Waals surface area contributed by atoms with E-state index in [1.165, 1.54) is 13.1 Å². The monoisotopic (exact) mass is 431 g/mol. The molecule has 0 spiro atoms. The summed E-state index contributed by atoms with van der Waals surface area (Å²) in [6.07, 6.45) is 2.27. The number of carbonyl (C=O) groups is 2. The summed E-state index contributed by atoms with van der Waals surface area (Å²) in [7, 11) is 2.43. The van der Waals surface area contributed by atoms with Crippen LogP contribution in [0.4, 0.5) is 18.9 Å². The van der Waals surface area contributed by atoms with E-state index < -0.39 is 23.1 Å². The van der Waals surface area contributed by atoms with Crippen LogP contribution in [0.2, 0.25) is 0 Å². The van der Waals surface area contributed by atoms with Crippen LogP contribution in [0.5, 0.6) is 0 Å². The SMILES string of the molecule is CC(=O)c1[nH]ncc1NC(=O)c1c(F)cccc1F.CCC(C)N.CCNC.CF. The fraction of sp³-hybridized carbons (Fsp3) is 0.450. The first-order chi connectivity index (χ1) is 14.2. The van der Waals surface area contributed by atoms with E-state index in [-0.39, 0.29) is 17.2 Å². The standard InChI is InChI=1S/C12H9F2N3O2.C4H11N.C3H9N.CH3F/c1-6(18)11-9(5-15-17-11)16-12(19)10-7(13)3-2-4-8(10)14;1-3-4(2)5;1-3-4-2;1-2/h2-5H,1H3,(H,15,17)(H,16,19);4H,3,5H2,1-2H3;4H,3H2,1-2H3;1H3. The maximum atomic E-state index is 13.4. The van der Waals surface area contributed by atoms with Gasteiger partial charge in [-0.05, 0) is 39.1 Å². The zero-order valence-corrected chi connectivity index (χ0v) is 18.3. The molecule has 7 nitrogen and oxygen atoms in total. The molecule has 5 N–H and O–H groups in total. The third-order valence-corrected chi connectivity index (χ3v) is 3.43. The molecule has 0 saturated carbocycles. The Labute approximate surface area is 175 Å². The van der Waals surface area contributed by atoms with E-state index in [1.807, 2.05) is 14.0 Å². The van der Waals surface area contributed by atoms with Gasteiger partial charge in [-0.2, -0.15) is 5.10 Å². The number of H-pyrrole nitrogens is 1. The molecule has 0 bridgehead atoms. The Kier molecular flexibility index (Phi) is 16.9. The second-order valence-corrected chi connectivity index (χ2v) is 5.86. The number of benzene rings is 1. The number of anilines is 1. The maximum Gasteiger partial charge on any atom is 0.261 e. The molecule has 1 atom stereocenters. The van der Waals surface area contributed by atoms with Gasteiger partial charge in [-0.1, -0.05) is 19.9 Å². The second kappa shape index (κ2) is 17.2. The van der Waals surface area contributed by atoms with Gasteiger partial charge >= 0.3 is 0 Å². The Morgan fingerprint density at radius 1 is 1.20 bits per heavy atom. The lowest BCUT2D eigenvalue weighted by Crippen LogP contribution is -2.17. The highest BCUT2D eigenvalue weighted by Crippen LogP contribution is 2.17. The Bertz CT molecular complexity index is 730. The van der Waals surface area contributed by atoms with Crippen molar-refractivity contribution in [2.45, 2.75) is 40.2 Å². The van der Waals surface area contributed by atoms with Crippen LogP contribution >= 0.6 is 0 Å². The average Bonchev–Trinajstić information content (AvgIpc) is 3.18. The number of nitrogens with two attached hydrogens (primary N) is 1. The number of alkyl halides is 1. The lowest BCUT2D eigenvalue weighted by molar-refractivity contribution is 0.101. The van der Waals surface area contributed by atoms with Gasteiger partial charge in [-0.25, -0.2) is 8.78 Å². The van der Waals surface area contributed by atoms with E-state index in [1.54, 1.807) is 0 Å². The first-order valence-corrected chi connectivity index (χ1v) is 9.27. The van der Waals surface area contributed by atoms with Crippen molar-refractivity contribution < 1.29 is 22.8 Å². The molecule has 2 aromatic rings. The van der Waals surface area contributed by atoms with Gasteiger partial charge in [0.2, 0.25) is 0 Å². The number of aromatic amines is 1. The van der Waals surface area contributed by atoms with Gasteiger partial charge in [0.1, 0.15) is 22.9 Å². The van der Waals surface area contributed by atoms with Crippen LogP contribution in [0.1, 0.15) is 55.0 Å². The highest BCUT2D eigenvalue weighted by Gasteiger charge is 2.19. The van der Waals surface area contributed by atoms with Crippen molar-refractivity contribution in [3.63, 3.8) is 0 Å². The van der Waals surface area contributed by atoms with Crippen molar-refractivity contribution in [2.75, 3.05) is 26.1 Å². The summed E-state index contributed by atoms with van der Waals surface area (Å²) in [4.78, 5) is 23.0. The minimum absolute atomic E-state index is 0.0603. The number of nitrogens with zero attached hydrogens (tertiary/aromatic N) is 1. The number of halogens is 3. The minimum Gasteiger partial charge on any atom is -0.328 e. The molecular formula is C20H32F3N5O2. The van der Waals surface area contributed by atoms with Crippen LogP contribution in [0.25, 0.3) is 0 Å². The molecule has 1 unspecified atom stereocenters. The summed E-state index contributed by atoms with van der Waals surface area (Å²) in [5.74, 6) is -3.31. The summed E-state index contributed by atoms with van der Waals surface area (Å²) in [5.41, 5.74) is 4.71. The third-order valence-electron chi connectivity index (χ3n) is 3.43. The molecule has 1 heterocycles. The van der Waals surface area contributed by atoms with Crippen LogP contribution in [-0.4, -0.2) is 48.7 Å². The number of nitrogens with one attached hydrogen (secondary N) is 3. The van der Waals surface area contributed by atoms with Gasteiger partial charge in [0, 0.05) is 13.0 Å². The van der Waals surface area contributed by atoms with Gasteiger partial charge in [-0.15, -0.1) is 0 Å². The molecule has 0 saturated heterocycles. The summed E-state index contributed by atoms with van der Waals surface area (Å²) < 4.78 is 36.3. The van der Waals surface area contributed by atoms with E-state index in [0.29, 0.717) is 13.2 Å². The predicted octanol–water partition coefficient (Wildman–Crippen LogP) is 3.70. The molecule has 1 amide bonds. The second-order valence-electron chi connectivity index (χ2n) is 5.86. The van der Waals surface area contributed by atoms with E-state index in [4.69, 9.17) is 5.73 Å². The van der Waals surface area contributed by atoms with Gasteiger partial charge in [-0.3, -0.25) is 19.1 Å². The highest BCUT2D eigenvalue weighted by atomic mass is 19.1. The quantitative estimate of drug-likeness (QED) is 0.539. The van der Waals surface area contributed by atoms with E-state index >= 15 is 0 Å². The van der Waals surface area contributed by atoms with Gasteiger partial charge in [0.15, 0.2) is 5.78 Å². The largest absolute Gasteiger partial charge is 0.328 e. The van der Waals surface area contributed by atoms with Gasteiger partial charge in [0.25, 0.3) is 5.91 Å². The van der Waals surface area contributed by atoms with Crippen molar-refractivity contribution >= 4 is 17.4 Å². The van der Waals surface area contributed by atoms with Crippen LogP contribution in [0.15, 0.2) is 24.4 Å². The van der Waals surface area contributed by atoms with E-state index in [9.17, 15) is 22.8 Å². The number of amides is 1. The number of carbonyl (C=O) groups excluding carboxylic acids is 2. The lowest BCUT2D eigenvalue weighted by Gasteiger charge is -2.06. The molecule has 0 aliphatic rings. The Balaban J connectivity index is 0. The number of rotatable bonds is 5. The maximum absolute atomic E-state index is 13.4. The van der Waals surface area contributed by atoms with Crippen LogP contribution in [-0.2, 0) is 0 Å². The number of ketones is 1. The Morgan fingerprint density at radius 2 is 1.67 bits per heavy atom. The Hall–Kier alpha value is -2.72. The molecule has 30 heavy (non-hydrogen) atoms. The van der Waals surface area contributed by atoms with Crippen LogP contribution in [0.3, 0.4) is 0 Å². The van der Waals surface area contributed by atoms with Crippen LogP contribution < -0.4 is 16.4 Å². The smallest absolute Gasteiger partial charge is 0.261 e. The van der Waals surface area contributed by atoms with E-state index in [0.717, 1.165) is 31.2 Å². The fourth-order valence-electron chi connectivity index (χ4n) is 1.55. The van der Waals surface area contributed by atoms with Crippen molar-refractivity contribution in [1.29, 1.82) is 0 Å². The molecule has 1 aromatic carbocycles. The zero-order chi connectivity index (χ0) is 23.7. The topological polar surface area (TPSA) is 113 Å². The van der Waals surface area contributed by atoms with E-state index in [2.05, 4.69) is 34.7 Å². The number of aromatic nitrogens is 2. The molecule has 0 radical (unpaired) electrons. The van der Waals surface area contributed by atoms with Crippen molar-refractivity contribution in [3.8, 4) is 0 Å². The first-order valence-electron chi connectivity index (χ1n) is 9.27. The number of hydrogen-bond donors (Lipinski definition) is 4. The van der Waals surface area contributed by atoms with Crippen molar-refractivity contribution in [2.24, 2.45) is 5.73 Å². The molecule has 10 heteroatoms. The molecule has 0 fully saturated rings. The summed E-state index contributed by atoms with van der Waals surface area (Å²) >= 11 is 0. The summed E-state index contributed by atoms with van der Waals surface area (Å²) in [6.45, 7) is 8.48. The highest BCUT2D eigenvalue weighted by molar-refractivity contribution is 6.08. The van der Waals surface area contributed by atoms with Crippen molar-refractivity contribution in [1.82, 2.24) is 15.5 Å².